The summed E-state index contributed by atoms with van der Waals surface area (Å²) in [6, 6.07) is 10.1. The molecule has 2 aromatic heterocycles. The van der Waals surface area contributed by atoms with Gasteiger partial charge in [-0.3, -0.25) is 0 Å². The maximum Gasteiger partial charge on any atom is 0.125 e. The number of benzene rings is 1. The van der Waals surface area contributed by atoms with E-state index < -0.39 is 0 Å². The molecule has 2 heterocycles. The van der Waals surface area contributed by atoms with Crippen molar-refractivity contribution in [2.24, 2.45) is 0 Å². The number of halogens is 1. The van der Waals surface area contributed by atoms with Crippen LogP contribution in [0.3, 0.4) is 0 Å². The minimum Gasteiger partial charge on any atom is -0.324 e. The lowest BCUT2D eigenvalue weighted by molar-refractivity contribution is 0.544. The molecular weight excluding hydrogens is 302 g/mol. The van der Waals surface area contributed by atoms with Gasteiger partial charge in [0.05, 0.1) is 28.5 Å². The number of fused-ring (bicyclic) bond motifs is 1. The zero-order chi connectivity index (χ0) is 14.8. The predicted molar refractivity (Wildman–Crippen MR) is 86.7 cm³/mol. The Morgan fingerprint density at radius 3 is 2.95 bits per heavy atom. The highest BCUT2D eigenvalue weighted by Gasteiger charge is 2.16. The zero-order valence-electron chi connectivity index (χ0n) is 11.6. The monoisotopic (exact) mass is 315 g/mol. The first kappa shape index (κ1) is 14.1. The summed E-state index contributed by atoms with van der Waals surface area (Å²) >= 11 is 7.76. The van der Waals surface area contributed by atoms with Gasteiger partial charge in [0, 0.05) is 6.04 Å². The summed E-state index contributed by atoms with van der Waals surface area (Å²) in [6.07, 6.45) is 0.926. The molecule has 0 saturated heterocycles. The highest BCUT2D eigenvalue weighted by molar-refractivity contribution is 7.07. The van der Waals surface area contributed by atoms with Crippen LogP contribution >= 0.6 is 22.9 Å². The third kappa shape index (κ3) is 2.67. The molecule has 0 aliphatic carbocycles. The minimum atomic E-state index is 0.243. The summed E-state index contributed by atoms with van der Waals surface area (Å²) in [6.45, 7) is 2.16. The molecule has 3 nitrogen and oxygen atoms in total. The van der Waals surface area contributed by atoms with Crippen molar-refractivity contribution in [3.63, 3.8) is 0 Å². The Morgan fingerprint density at radius 1 is 1.43 bits per heavy atom. The van der Waals surface area contributed by atoms with E-state index in [1.54, 1.807) is 17.4 Å². The number of rotatable bonds is 4. The Bertz CT molecular complexity index is 799. The van der Waals surface area contributed by atoms with Gasteiger partial charge in [0.15, 0.2) is 0 Å². The summed E-state index contributed by atoms with van der Waals surface area (Å²) in [5, 5.41) is 13.3. The largest absolute Gasteiger partial charge is 0.324 e. The second kappa shape index (κ2) is 5.88. The molecule has 1 aromatic carbocycles. The van der Waals surface area contributed by atoms with Crippen molar-refractivity contribution in [2.75, 3.05) is 0 Å². The standard InChI is InChI=1S/C16H14ClN3S/c1-11(6-13-4-5-21-10-13)20-15-7-12(9-18)2-3-14(15)19-16(20)8-17/h2-5,7,10-11H,6,8H2,1H3. The molecule has 3 aromatic rings. The number of nitrogens with zero attached hydrogens (tertiary/aromatic N) is 3. The molecule has 1 unspecified atom stereocenters. The average Bonchev–Trinajstić information content (AvgIpc) is 3.12. The fourth-order valence-electron chi connectivity index (χ4n) is 2.64. The third-order valence-corrected chi connectivity index (χ3v) is 4.53. The van der Waals surface area contributed by atoms with E-state index in [1.807, 2.05) is 12.1 Å². The number of hydrogen-bond acceptors (Lipinski definition) is 3. The first-order valence-electron chi connectivity index (χ1n) is 6.71. The predicted octanol–water partition coefficient (Wildman–Crippen LogP) is 4.51. The van der Waals surface area contributed by atoms with E-state index in [4.69, 9.17) is 16.9 Å². The molecule has 5 heteroatoms. The maximum atomic E-state index is 9.09. The lowest BCUT2D eigenvalue weighted by Gasteiger charge is -2.16. The number of hydrogen-bond donors (Lipinski definition) is 0. The van der Waals surface area contributed by atoms with Crippen LogP contribution in [0.25, 0.3) is 11.0 Å². The van der Waals surface area contributed by atoms with Crippen LogP contribution in [0.4, 0.5) is 0 Å². The molecule has 0 aliphatic rings. The van der Waals surface area contributed by atoms with Crippen molar-refractivity contribution in [1.29, 1.82) is 5.26 Å². The molecule has 3 rings (SSSR count). The Balaban J connectivity index is 2.08. The van der Waals surface area contributed by atoms with Gasteiger partial charge in [-0.25, -0.2) is 4.98 Å². The van der Waals surface area contributed by atoms with E-state index in [1.165, 1.54) is 5.56 Å². The molecule has 0 bridgehead atoms. The van der Waals surface area contributed by atoms with Gasteiger partial charge in [-0.1, -0.05) is 0 Å². The van der Waals surface area contributed by atoms with E-state index in [9.17, 15) is 0 Å². The number of imidazole rings is 1. The highest BCUT2D eigenvalue weighted by atomic mass is 35.5. The smallest absolute Gasteiger partial charge is 0.125 e. The maximum absolute atomic E-state index is 9.09. The molecule has 0 spiro atoms. The summed E-state index contributed by atoms with van der Waals surface area (Å²) in [4.78, 5) is 4.58. The van der Waals surface area contributed by atoms with Crippen molar-refractivity contribution in [2.45, 2.75) is 25.3 Å². The number of thiophene rings is 1. The van der Waals surface area contributed by atoms with Gasteiger partial charge in [0.25, 0.3) is 0 Å². The molecule has 21 heavy (non-hydrogen) atoms. The SMILES string of the molecule is CC(Cc1ccsc1)n1c(CCl)nc2ccc(C#N)cc21. The van der Waals surface area contributed by atoms with Gasteiger partial charge in [0.1, 0.15) is 5.82 Å². The van der Waals surface area contributed by atoms with Gasteiger partial charge < -0.3 is 4.57 Å². The van der Waals surface area contributed by atoms with Crippen LogP contribution in [0.1, 0.15) is 29.9 Å². The van der Waals surface area contributed by atoms with E-state index >= 15 is 0 Å². The first-order valence-corrected chi connectivity index (χ1v) is 8.18. The number of nitriles is 1. The molecule has 106 valence electrons. The Morgan fingerprint density at radius 2 is 2.29 bits per heavy atom. The normalized spacial score (nSPS) is 12.4. The van der Waals surface area contributed by atoms with Gasteiger partial charge in [-0.2, -0.15) is 16.6 Å². The second-order valence-electron chi connectivity index (χ2n) is 5.03. The molecular formula is C16H14ClN3S. The minimum absolute atomic E-state index is 0.243. The molecule has 0 amide bonds. The highest BCUT2D eigenvalue weighted by Crippen LogP contribution is 2.26. The quantitative estimate of drug-likeness (QED) is 0.665. The molecule has 1 atom stereocenters. The van der Waals surface area contributed by atoms with E-state index in [-0.39, 0.29) is 6.04 Å². The summed E-state index contributed by atoms with van der Waals surface area (Å²) in [5.74, 6) is 1.22. The van der Waals surface area contributed by atoms with Crippen LogP contribution in [0.2, 0.25) is 0 Å². The fraction of sp³-hybridized carbons (Fsp3) is 0.250. The van der Waals surface area contributed by atoms with Gasteiger partial charge >= 0.3 is 0 Å². The lowest BCUT2D eigenvalue weighted by Crippen LogP contribution is -2.11. The van der Waals surface area contributed by atoms with E-state index in [0.29, 0.717) is 11.4 Å². The van der Waals surface area contributed by atoms with E-state index in [0.717, 1.165) is 23.3 Å². The summed E-state index contributed by atoms with van der Waals surface area (Å²) in [7, 11) is 0. The van der Waals surface area contributed by atoms with Gasteiger partial charge in [-0.15, -0.1) is 11.6 Å². The first-order chi connectivity index (χ1) is 10.2. The second-order valence-corrected chi connectivity index (χ2v) is 6.08. The molecule has 0 saturated carbocycles. The topological polar surface area (TPSA) is 41.6 Å². The Kier molecular flexibility index (Phi) is 3.96. The van der Waals surface area contributed by atoms with Crippen LogP contribution in [0, 0.1) is 11.3 Å². The molecule has 0 radical (unpaired) electrons. The molecule has 0 fully saturated rings. The Hall–Kier alpha value is -1.83. The van der Waals surface area contributed by atoms with Crippen LogP contribution < -0.4 is 0 Å². The van der Waals surface area contributed by atoms with Crippen molar-refractivity contribution < 1.29 is 0 Å². The third-order valence-electron chi connectivity index (χ3n) is 3.56. The lowest BCUT2D eigenvalue weighted by atomic mass is 10.1. The van der Waals surface area contributed by atoms with Gasteiger partial charge in [-0.05, 0) is 53.9 Å². The number of aromatic nitrogens is 2. The Labute approximate surface area is 132 Å². The van der Waals surface area contributed by atoms with Crippen molar-refractivity contribution >= 4 is 34.0 Å². The average molecular weight is 316 g/mol. The molecule has 0 aliphatic heterocycles. The van der Waals surface area contributed by atoms with Crippen molar-refractivity contribution in [1.82, 2.24) is 9.55 Å². The number of alkyl halides is 1. The zero-order valence-corrected chi connectivity index (χ0v) is 13.2. The van der Waals surface area contributed by atoms with Crippen LogP contribution in [-0.4, -0.2) is 9.55 Å². The van der Waals surface area contributed by atoms with Crippen LogP contribution in [0.15, 0.2) is 35.0 Å². The summed E-state index contributed by atoms with van der Waals surface area (Å²) in [5.41, 5.74) is 3.83. The summed E-state index contributed by atoms with van der Waals surface area (Å²) < 4.78 is 2.15. The molecule has 0 N–H and O–H groups in total. The van der Waals surface area contributed by atoms with Crippen LogP contribution in [0.5, 0.6) is 0 Å². The van der Waals surface area contributed by atoms with Crippen molar-refractivity contribution in [3.8, 4) is 6.07 Å². The van der Waals surface area contributed by atoms with E-state index in [2.05, 4.69) is 39.4 Å². The van der Waals surface area contributed by atoms with Gasteiger partial charge in [0.2, 0.25) is 0 Å². The van der Waals surface area contributed by atoms with Crippen LogP contribution in [-0.2, 0) is 12.3 Å². The van der Waals surface area contributed by atoms with Crippen molar-refractivity contribution in [3.05, 3.63) is 52.0 Å². The fourth-order valence-corrected chi connectivity index (χ4v) is 3.51.